The highest BCUT2D eigenvalue weighted by atomic mass is 79.9. The van der Waals surface area contributed by atoms with Crippen LogP contribution in [0.25, 0.3) is 11.0 Å². The van der Waals surface area contributed by atoms with Gasteiger partial charge in [-0.05, 0) is 37.6 Å². The van der Waals surface area contributed by atoms with Gasteiger partial charge in [0.25, 0.3) is 11.6 Å². The lowest BCUT2D eigenvalue weighted by molar-refractivity contribution is -0.384. The molecule has 0 radical (unpaired) electrons. The zero-order valence-electron chi connectivity index (χ0n) is 12.9. The number of carbonyl (C=O) groups excluding carboxylic acids is 1. The van der Waals surface area contributed by atoms with Crippen LogP contribution in [0.3, 0.4) is 0 Å². The van der Waals surface area contributed by atoms with Crippen LogP contribution in [0, 0.1) is 24.0 Å². The number of nitrogens with one attached hydrogen (secondary N) is 1. The third-order valence-corrected chi connectivity index (χ3v) is 4.28. The van der Waals surface area contributed by atoms with E-state index < -0.39 is 10.8 Å². The van der Waals surface area contributed by atoms with Gasteiger partial charge in [-0.15, -0.1) is 0 Å². The highest BCUT2D eigenvalue weighted by Gasteiger charge is 2.19. The van der Waals surface area contributed by atoms with Crippen molar-refractivity contribution in [3.63, 3.8) is 0 Å². The van der Waals surface area contributed by atoms with Crippen LogP contribution in [0.5, 0.6) is 0 Å². The first-order valence-electron chi connectivity index (χ1n) is 7.12. The van der Waals surface area contributed by atoms with Crippen LogP contribution in [0.1, 0.15) is 21.7 Å². The fourth-order valence-corrected chi connectivity index (χ4v) is 2.81. The second-order valence-electron chi connectivity index (χ2n) is 5.41. The van der Waals surface area contributed by atoms with Gasteiger partial charge in [-0.1, -0.05) is 22.0 Å². The molecule has 1 heterocycles. The van der Waals surface area contributed by atoms with E-state index in [-0.39, 0.29) is 11.4 Å². The molecule has 2 aromatic carbocycles. The molecule has 7 heteroatoms. The second-order valence-corrected chi connectivity index (χ2v) is 6.32. The van der Waals surface area contributed by atoms with Crippen molar-refractivity contribution in [2.24, 2.45) is 0 Å². The summed E-state index contributed by atoms with van der Waals surface area (Å²) in [6.07, 6.45) is 0. The van der Waals surface area contributed by atoms with Crippen LogP contribution in [0.4, 0.5) is 11.4 Å². The molecule has 1 amide bonds. The predicted octanol–water partition coefficient (Wildman–Crippen LogP) is 4.97. The molecule has 0 saturated carbocycles. The highest BCUT2D eigenvalue weighted by Crippen LogP contribution is 2.29. The Bertz CT molecular complexity index is 978. The summed E-state index contributed by atoms with van der Waals surface area (Å²) >= 11 is 3.39. The van der Waals surface area contributed by atoms with Crippen molar-refractivity contribution < 1.29 is 14.1 Å². The normalized spacial score (nSPS) is 10.8. The monoisotopic (exact) mass is 388 g/mol. The molecule has 0 aliphatic rings. The molecule has 0 aliphatic heterocycles. The van der Waals surface area contributed by atoms with Crippen molar-refractivity contribution >= 4 is 44.2 Å². The standard InChI is InChI=1S/C17H13BrN2O4/c1-9-3-5-12(20(22)23)8-14(9)19-17(21)16-10(2)13-7-11(18)4-6-15(13)24-16/h3-8H,1-2H3,(H,19,21). The van der Waals surface area contributed by atoms with Gasteiger partial charge >= 0.3 is 0 Å². The van der Waals surface area contributed by atoms with E-state index in [9.17, 15) is 14.9 Å². The summed E-state index contributed by atoms with van der Waals surface area (Å²) in [7, 11) is 0. The first kappa shape index (κ1) is 16.2. The van der Waals surface area contributed by atoms with Gasteiger partial charge in [0.1, 0.15) is 5.58 Å². The Morgan fingerprint density at radius 1 is 1.21 bits per heavy atom. The third-order valence-electron chi connectivity index (χ3n) is 3.78. The largest absolute Gasteiger partial charge is 0.451 e. The summed E-state index contributed by atoms with van der Waals surface area (Å²) < 4.78 is 6.53. The smallest absolute Gasteiger partial charge is 0.291 e. The van der Waals surface area contributed by atoms with Crippen LogP contribution in [-0.2, 0) is 0 Å². The Balaban J connectivity index is 1.97. The van der Waals surface area contributed by atoms with Crippen LogP contribution >= 0.6 is 15.9 Å². The molecule has 122 valence electrons. The number of aryl methyl sites for hydroxylation is 2. The minimum Gasteiger partial charge on any atom is -0.451 e. The maximum atomic E-state index is 12.5. The molecular formula is C17H13BrN2O4. The molecule has 6 nitrogen and oxygen atoms in total. The van der Waals surface area contributed by atoms with Gasteiger partial charge in [0.15, 0.2) is 5.76 Å². The molecule has 0 spiro atoms. The van der Waals surface area contributed by atoms with E-state index in [1.54, 1.807) is 26.0 Å². The topological polar surface area (TPSA) is 85.4 Å². The minimum atomic E-state index is -0.501. The highest BCUT2D eigenvalue weighted by molar-refractivity contribution is 9.10. The van der Waals surface area contributed by atoms with Gasteiger partial charge in [0.05, 0.1) is 10.6 Å². The second kappa shape index (κ2) is 6.09. The number of furan rings is 1. The van der Waals surface area contributed by atoms with E-state index >= 15 is 0 Å². The van der Waals surface area contributed by atoms with Gasteiger partial charge in [-0.3, -0.25) is 14.9 Å². The third kappa shape index (κ3) is 2.90. The van der Waals surface area contributed by atoms with Gasteiger partial charge in [-0.25, -0.2) is 0 Å². The van der Waals surface area contributed by atoms with E-state index in [4.69, 9.17) is 4.42 Å². The van der Waals surface area contributed by atoms with Crippen molar-refractivity contribution in [1.29, 1.82) is 0 Å². The number of anilines is 1. The zero-order valence-corrected chi connectivity index (χ0v) is 14.5. The first-order valence-corrected chi connectivity index (χ1v) is 7.91. The van der Waals surface area contributed by atoms with Crippen LogP contribution < -0.4 is 5.32 Å². The predicted molar refractivity (Wildman–Crippen MR) is 94.4 cm³/mol. The number of hydrogen-bond donors (Lipinski definition) is 1. The summed E-state index contributed by atoms with van der Waals surface area (Å²) in [6.45, 7) is 3.56. The Morgan fingerprint density at radius 3 is 2.67 bits per heavy atom. The number of benzene rings is 2. The van der Waals surface area contributed by atoms with E-state index in [2.05, 4.69) is 21.2 Å². The minimum absolute atomic E-state index is 0.0823. The fraction of sp³-hybridized carbons (Fsp3) is 0.118. The summed E-state index contributed by atoms with van der Waals surface area (Å²) in [5.74, 6) is -0.252. The number of non-ortho nitro benzene ring substituents is 1. The molecule has 0 atom stereocenters. The average Bonchev–Trinajstić information content (AvgIpc) is 2.86. The summed E-state index contributed by atoms with van der Waals surface area (Å²) in [5.41, 5.74) is 2.35. The molecule has 0 aliphatic carbocycles. The molecule has 1 aromatic heterocycles. The Morgan fingerprint density at radius 2 is 1.96 bits per heavy atom. The average molecular weight is 389 g/mol. The number of nitro groups is 1. The lowest BCUT2D eigenvalue weighted by Crippen LogP contribution is -2.13. The van der Waals surface area contributed by atoms with E-state index in [1.165, 1.54) is 12.1 Å². The van der Waals surface area contributed by atoms with E-state index in [1.807, 2.05) is 12.1 Å². The SMILES string of the molecule is Cc1ccc([N+](=O)[O-])cc1NC(=O)c1oc2ccc(Br)cc2c1C. The molecule has 24 heavy (non-hydrogen) atoms. The molecule has 0 fully saturated rings. The van der Waals surface area contributed by atoms with Gasteiger partial charge in [-0.2, -0.15) is 0 Å². The van der Waals surface area contributed by atoms with Crippen molar-refractivity contribution in [3.8, 4) is 0 Å². The maximum Gasteiger partial charge on any atom is 0.291 e. The number of fused-ring (bicyclic) bond motifs is 1. The Hall–Kier alpha value is -2.67. The fourth-order valence-electron chi connectivity index (χ4n) is 2.45. The Kier molecular flexibility index (Phi) is 4.11. The molecule has 0 unspecified atom stereocenters. The maximum absolute atomic E-state index is 12.5. The molecule has 0 saturated heterocycles. The molecule has 3 aromatic rings. The quantitative estimate of drug-likeness (QED) is 0.506. The first-order chi connectivity index (χ1) is 11.4. The molecular weight excluding hydrogens is 376 g/mol. The van der Waals surface area contributed by atoms with E-state index in [0.717, 1.165) is 15.4 Å². The number of carbonyl (C=O) groups is 1. The lowest BCUT2D eigenvalue weighted by Gasteiger charge is -2.07. The zero-order chi connectivity index (χ0) is 17.4. The van der Waals surface area contributed by atoms with Crippen LogP contribution in [0.2, 0.25) is 0 Å². The molecule has 3 rings (SSSR count). The molecule has 1 N–H and O–H groups in total. The van der Waals surface area contributed by atoms with E-state index in [0.29, 0.717) is 16.8 Å². The lowest BCUT2D eigenvalue weighted by atomic mass is 10.1. The summed E-state index contributed by atoms with van der Waals surface area (Å²) in [6, 6.07) is 9.82. The number of halogens is 1. The number of nitro benzene ring substituents is 1. The number of amides is 1. The van der Waals surface area contributed by atoms with Gasteiger partial charge in [0.2, 0.25) is 0 Å². The number of nitrogens with zero attached hydrogens (tertiary/aromatic N) is 1. The van der Waals surface area contributed by atoms with Crippen LogP contribution in [-0.4, -0.2) is 10.8 Å². The van der Waals surface area contributed by atoms with Gasteiger partial charge < -0.3 is 9.73 Å². The van der Waals surface area contributed by atoms with Crippen molar-refractivity contribution in [2.45, 2.75) is 13.8 Å². The number of rotatable bonds is 3. The summed E-state index contributed by atoms with van der Waals surface area (Å²) in [4.78, 5) is 22.9. The van der Waals surface area contributed by atoms with Crippen molar-refractivity contribution in [3.05, 3.63) is 67.9 Å². The van der Waals surface area contributed by atoms with Gasteiger partial charge in [0, 0.05) is 27.6 Å². The van der Waals surface area contributed by atoms with Crippen molar-refractivity contribution in [1.82, 2.24) is 0 Å². The Labute approximate surface area is 145 Å². The molecule has 0 bridgehead atoms. The van der Waals surface area contributed by atoms with Crippen LogP contribution in [0.15, 0.2) is 45.3 Å². The summed E-state index contributed by atoms with van der Waals surface area (Å²) in [5, 5.41) is 14.4. The number of hydrogen-bond acceptors (Lipinski definition) is 4. The van der Waals surface area contributed by atoms with Crippen molar-refractivity contribution in [2.75, 3.05) is 5.32 Å².